The quantitative estimate of drug-likeness (QED) is 0.245. The molecule has 2 N–H and O–H groups in total. The van der Waals surface area contributed by atoms with Crippen LogP contribution >= 0.6 is 0 Å². The molecule has 2 saturated heterocycles. The molecule has 1 atom stereocenters. The van der Waals surface area contributed by atoms with E-state index in [1.807, 2.05) is 36.2 Å². The van der Waals surface area contributed by atoms with Gasteiger partial charge in [0.25, 0.3) is 5.91 Å². The fraction of sp³-hybridized carbons (Fsp3) is 0.436. The topological polar surface area (TPSA) is 139 Å². The van der Waals surface area contributed by atoms with Crippen molar-refractivity contribution in [1.82, 2.24) is 25.0 Å². The number of anilines is 3. The number of carbonyl (C=O) groups is 3. The number of nitrogens with zero attached hydrogens (tertiary/aromatic N) is 7. The Labute approximate surface area is 301 Å². The van der Waals surface area contributed by atoms with Gasteiger partial charge in [0, 0.05) is 42.8 Å². The van der Waals surface area contributed by atoms with Crippen LogP contribution in [0.25, 0.3) is 10.9 Å². The Bertz CT molecular complexity index is 2080. The van der Waals surface area contributed by atoms with Crippen molar-refractivity contribution in [2.24, 2.45) is 5.92 Å². The zero-order valence-electron chi connectivity index (χ0n) is 29.2. The second-order valence-electron chi connectivity index (χ2n) is 14.7. The Morgan fingerprint density at radius 2 is 1.85 bits per heavy atom. The van der Waals surface area contributed by atoms with Gasteiger partial charge in [0.05, 0.1) is 29.6 Å². The third kappa shape index (κ3) is 6.59. The van der Waals surface area contributed by atoms with Gasteiger partial charge in [0.15, 0.2) is 0 Å². The number of nitriles is 1. The van der Waals surface area contributed by atoms with Crippen LogP contribution in [-0.2, 0) is 9.59 Å². The van der Waals surface area contributed by atoms with E-state index >= 15 is 4.39 Å². The van der Waals surface area contributed by atoms with Crippen LogP contribution in [0.3, 0.4) is 0 Å². The predicted octanol–water partition coefficient (Wildman–Crippen LogP) is 5.32. The monoisotopic (exact) mass is 703 g/mol. The molecule has 5 heterocycles. The van der Waals surface area contributed by atoms with Crippen molar-refractivity contribution in [2.45, 2.75) is 69.4 Å². The number of benzene rings is 2. The molecule has 3 aliphatic heterocycles. The molecule has 2 aromatic heterocycles. The lowest BCUT2D eigenvalue weighted by Crippen LogP contribution is -2.53. The number of carbonyl (C=O) groups excluding carboxylic acids is 3. The summed E-state index contributed by atoms with van der Waals surface area (Å²) in [4.78, 5) is 47.9. The molecule has 0 radical (unpaired) electrons. The molecule has 0 spiro atoms. The van der Waals surface area contributed by atoms with E-state index in [0.29, 0.717) is 37.2 Å². The largest absolute Gasteiger partial charge is 0.355 e. The molecule has 1 aliphatic carbocycles. The van der Waals surface area contributed by atoms with Crippen LogP contribution in [0.1, 0.15) is 85.1 Å². The third-order valence-electron chi connectivity index (χ3n) is 11.4. The van der Waals surface area contributed by atoms with Gasteiger partial charge in [-0.05, 0) is 112 Å². The Morgan fingerprint density at radius 3 is 2.62 bits per heavy atom. The van der Waals surface area contributed by atoms with Gasteiger partial charge < -0.3 is 20.0 Å². The zero-order chi connectivity index (χ0) is 35.9. The van der Waals surface area contributed by atoms with Crippen molar-refractivity contribution in [1.29, 1.82) is 5.26 Å². The zero-order valence-corrected chi connectivity index (χ0v) is 29.2. The van der Waals surface area contributed by atoms with E-state index in [1.54, 1.807) is 30.3 Å². The van der Waals surface area contributed by atoms with E-state index in [2.05, 4.69) is 36.3 Å². The second-order valence-corrected chi connectivity index (χ2v) is 14.7. The number of rotatable bonds is 7. The first kappa shape index (κ1) is 33.8. The summed E-state index contributed by atoms with van der Waals surface area (Å²) in [7, 11) is 1.96. The average Bonchev–Trinajstić information content (AvgIpc) is 3.73. The number of amides is 3. The maximum Gasteiger partial charge on any atom is 0.274 e. The van der Waals surface area contributed by atoms with Crippen LogP contribution < -0.4 is 20.4 Å². The minimum absolute atomic E-state index is 0.111. The first-order chi connectivity index (χ1) is 25.2. The third-order valence-corrected chi connectivity index (χ3v) is 11.4. The van der Waals surface area contributed by atoms with Crippen molar-refractivity contribution in [2.75, 3.05) is 48.5 Å². The molecule has 1 saturated carbocycles. The highest BCUT2D eigenvalue weighted by Crippen LogP contribution is 2.46. The predicted molar refractivity (Wildman–Crippen MR) is 194 cm³/mol. The highest BCUT2D eigenvalue weighted by Gasteiger charge is 2.40. The number of piperidine rings is 2. The van der Waals surface area contributed by atoms with Crippen LogP contribution in [0.15, 0.2) is 54.7 Å². The van der Waals surface area contributed by atoms with E-state index in [9.17, 15) is 14.4 Å². The lowest BCUT2D eigenvalue weighted by atomic mass is 9.84. The Kier molecular flexibility index (Phi) is 9.09. The van der Waals surface area contributed by atoms with Crippen LogP contribution in [-0.4, -0.2) is 76.8 Å². The first-order valence-electron chi connectivity index (χ1n) is 18.3. The number of hydrogen-bond donors (Lipinski definition) is 2. The van der Waals surface area contributed by atoms with E-state index < -0.39 is 6.04 Å². The molecule has 268 valence electrons. The summed E-state index contributed by atoms with van der Waals surface area (Å²) in [5.74, 6) is -0.342. The number of hydrogen-bond acceptors (Lipinski definition) is 9. The highest BCUT2D eigenvalue weighted by molar-refractivity contribution is 6.04. The summed E-state index contributed by atoms with van der Waals surface area (Å²) in [6.07, 6.45) is 8.97. The lowest BCUT2D eigenvalue weighted by Gasteiger charge is -2.37. The van der Waals surface area contributed by atoms with Gasteiger partial charge in [0.1, 0.15) is 29.3 Å². The number of likely N-dealkylation sites (tertiary alicyclic amines) is 1. The highest BCUT2D eigenvalue weighted by atomic mass is 19.1. The minimum atomic E-state index is -0.435. The van der Waals surface area contributed by atoms with Gasteiger partial charge in [-0.25, -0.2) is 9.37 Å². The molecular weight excluding hydrogens is 661 g/mol. The fourth-order valence-electron chi connectivity index (χ4n) is 8.70. The van der Waals surface area contributed by atoms with Gasteiger partial charge in [0.2, 0.25) is 11.8 Å². The lowest BCUT2D eigenvalue weighted by molar-refractivity contribution is -0.134. The van der Waals surface area contributed by atoms with Gasteiger partial charge in [-0.2, -0.15) is 10.4 Å². The van der Waals surface area contributed by atoms with E-state index in [0.717, 1.165) is 86.0 Å². The van der Waals surface area contributed by atoms with Crippen molar-refractivity contribution in [3.63, 3.8) is 0 Å². The van der Waals surface area contributed by atoms with Gasteiger partial charge in [-0.15, -0.1) is 0 Å². The van der Waals surface area contributed by atoms with Crippen LogP contribution in [0.4, 0.5) is 21.5 Å². The molecule has 4 aliphatic rings. The Balaban J connectivity index is 0.849. The Morgan fingerprint density at radius 1 is 1.04 bits per heavy atom. The summed E-state index contributed by atoms with van der Waals surface area (Å²) in [5.41, 5.74) is 4.43. The number of pyridine rings is 1. The summed E-state index contributed by atoms with van der Waals surface area (Å²) in [6.45, 7) is 3.40. The SMILES string of the molecule is CN1CN(C2CCC(=O)NC2=O)c2ccc(F)c(C3CCN(C[C@H]4CC[C@H](n5cc6cc(NC(=O)c7cccc(C#N)n7)ccc6n5)CC4)CC3)c21. The van der Waals surface area contributed by atoms with Crippen molar-refractivity contribution in [3.05, 3.63) is 77.5 Å². The molecule has 3 amide bonds. The standard InChI is InChI=1S/C39H42FN9O3/c1-46-23-48(34-13-14-35(50)44-39(34)52)33-12-10-30(40)36(37(33)46)25-15-17-47(18-16-25)21-24-5-8-29(9-6-24)49-22-26-19-27(7-11-31(26)45-49)43-38(51)32-4-2-3-28(20-41)42-32/h2-4,7,10-12,19,22,24-25,29,34H,5-6,8-9,13-18,21,23H2,1H3,(H,43,51)(H,44,50,52)/t24-,29-,34?. The fourth-order valence-corrected chi connectivity index (χ4v) is 8.70. The molecule has 12 nitrogen and oxygen atoms in total. The first-order valence-corrected chi connectivity index (χ1v) is 18.3. The molecule has 2 aromatic carbocycles. The molecule has 52 heavy (non-hydrogen) atoms. The summed E-state index contributed by atoms with van der Waals surface area (Å²) < 4.78 is 17.6. The summed E-state index contributed by atoms with van der Waals surface area (Å²) in [6, 6.07) is 15.6. The summed E-state index contributed by atoms with van der Waals surface area (Å²) in [5, 5.41) is 20.3. The smallest absolute Gasteiger partial charge is 0.274 e. The maximum absolute atomic E-state index is 15.6. The van der Waals surface area contributed by atoms with Crippen LogP contribution in [0.2, 0.25) is 0 Å². The molecule has 1 unspecified atom stereocenters. The minimum Gasteiger partial charge on any atom is -0.355 e. The normalized spacial score (nSPS) is 22.7. The van der Waals surface area contributed by atoms with Crippen LogP contribution in [0.5, 0.6) is 0 Å². The number of imide groups is 1. The summed E-state index contributed by atoms with van der Waals surface area (Å²) >= 11 is 0. The second kappa shape index (κ2) is 14.0. The molecule has 13 heteroatoms. The Hall–Kier alpha value is -5.35. The number of halogens is 1. The molecular formula is C39H42FN9O3. The van der Waals surface area contributed by atoms with Gasteiger partial charge in [-0.3, -0.25) is 24.4 Å². The molecule has 8 rings (SSSR count). The molecule has 4 aromatic rings. The van der Waals surface area contributed by atoms with E-state index in [-0.39, 0.29) is 40.8 Å². The van der Waals surface area contributed by atoms with Gasteiger partial charge >= 0.3 is 0 Å². The number of nitrogens with one attached hydrogen (secondary N) is 2. The molecule has 0 bridgehead atoms. The number of fused-ring (bicyclic) bond motifs is 2. The molecule has 3 fully saturated rings. The van der Waals surface area contributed by atoms with Crippen molar-refractivity contribution >= 4 is 45.7 Å². The van der Waals surface area contributed by atoms with Gasteiger partial charge in [-0.1, -0.05) is 6.07 Å². The number of aromatic nitrogens is 3. The van der Waals surface area contributed by atoms with E-state index in [4.69, 9.17) is 10.4 Å². The van der Waals surface area contributed by atoms with Crippen LogP contribution in [0, 0.1) is 23.1 Å². The maximum atomic E-state index is 15.6. The van der Waals surface area contributed by atoms with E-state index in [1.165, 1.54) is 0 Å². The average molecular weight is 704 g/mol. The van der Waals surface area contributed by atoms with Crippen molar-refractivity contribution in [3.8, 4) is 6.07 Å². The van der Waals surface area contributed by atoms with Crippen molar-refractivity contribution < 1.29 is 18.8 Å².